The Hall–Kier alpha value is -3.12. The Morgan fingerprint density at radius 3 is 2.15 bits per heavy atom. The van der Waals surface area contributed by atoms with Gasteiger partial charge in [0.05, 0.1) is 36.2 Å². The van der Waals surface area contributed by atoms with Crippen molar-refractivity contribution in [3.8, 4) is 0 Å². The number of amides is 2. The highest BCUT2D eigenvalue weighted by molar-refractivity contribution is 7.89. The minimum atomic E-state index is -4.19. The monoisotopic (exact) mass is 490 g/mol. The van der Waals surface area contributed by atoms with Crippen molar-refractivity contribution in [2.75, 3.05) is 32.8 Å². The molecule has 11 heteroatoms. The van der Waals surface area contributed by atoms with Crippen LogP contribution in [0.4, 0.5) is 5.69 Å². The largest absolute Gasteiger partial charge is 0.465 e. The fourth-order valence-electron chi connectivity index (χ4n) is 3.61. The Kier molecular flexibility index (Phi) is 7.82. The fourth-order valence-corrected chi connectivity index (χ4v) is 5.18. The van der Waals surface area contributed by atoms with Crippen LogP contribution in [-0.4, -0.2) is 70.7 Å². The van der Waals surface area contributed by atoms with Gasteiger partial charge in [-0.2, -0.15) is 4.31 Å². The Bertz CT molecular complexity index is 1160. The predicted octanol–water partition coefficient (Wildman–Crippen LogP) is 1.72. The van der Waals surface area contributed by atoms with Crippen molar-refractivity contribution in [3.05, 3.63) is 59.7 Å². The molecule has 0 N–H and O–H groups in total. The summed E-state index contributed by atoms with van der Waals surface area (Å²) in [5.74, 6) is -1.85. The zero-order valence-corrected chi connectivity index (χ0v) is 20.1. The summed E-state index contributed by atoms with van der Waals surface area (Å²) in [7, 11) is -0.249. The molecule has 0 aliphatic carbocycles. The molecular weight excluding hydrogens is 464 g/mol. The van der Waals surface area contributed by atoms with Crippen LogP contribution in [0.2, 0.25) is 0 Å². The van der Waals surface area contributed by atoms with E-state index < -0.39 is 40.1 Å². The molecule has 0 aromatic heterocycles. The zero-order valence-electron chi connectivity index (χ0n) is 19.3. The Balaban J connectivity index is 1.98. The summed E-state index contributed by atoms with van der Waals surface area (Å²) in [6, 6.07) is 10.6. The summed E-state index contributed by atoms with van der Waals surface area (Å²) in [4.78, 5) is 38.8. The molecule has 0 radical (unpaired) electrons. The van der Waals surface area contributed by atoms with Crippen molar-refractivity contribution in [2.24, 2.45) is 0 Å². The van der Waals surface area contributed by atoms with Crippen molar-refractivity contribution in [2.45, 2.75) is 30.6 Å². The molecule has 10 nitrogen and oxygen atoms in total. The number of anilines is 1. The molecule has 1 aliphatic heterocycles. The third-order valence-electron chi connectivity index (χ3n) is 5.50. The molecule has 1 fully saturated rings. The van der Waals surface area contributed by atoms with Crippen molar-refractivity contribution in [1.82, 2.24) is 4.31 Å². The van der Waals surface area contributed by atoms with Crippen LogP contribution in [0.1, 0.15) is 22.3 Å². The molecule has 0 bridgehead atoms. The molecule has 0 spiro atoms. The molecule has 1 saturated heterocycles. The molecule has 2 aromatic rings. The number of rotatable bonds is 9. The summed E-state index contributed by atoms with van der Waals surface area (Å²) in [6.07, 6.45) is -1.32. The first kappa shape index (κ1) is 25.5. The average molecular weight is 491 g/mol. The third kappa shape index (κ3) is 5.02. The molecular formula is C23H26N2O8S. The van der Waals surface area contributed by atoms with Gasteiger partial charge in [-0.3, -0.25) is 9.59 Å². The van der Waals surface area contributed by atoms with Crippen molar-refractivity contribution >= 4 is 33.5 Å². The van der Waals surface area contributed by atoms with Gasteiger partial charge in [-0.05, 0) is 43.3 Å². The van der Waals surface area contributed by atoms with Crippen LogP contribution < -0.4 is 4.90 Å². The SMILES string of the molecule is COC(=O)c1ccc(N2C(=O)CC(N(CC(OC)OC)S(=O)(=O)c3ccc(C)cc3)C2=O)cc1. The van der Waals surface area contributed by atoms with E-state index in [2.05, 4.69) is 4.74 Å². The van der Waals surface area contributed by atoms with Crippen molar-refractivity contribution < 1.29 is 37.0 Å². The lowest BCUT2D eigenvalue weighted by Crippen LogP contribution is -2.49. The number of carbonyl (C=O) groups is 3. The molecule has 1 heterocycles. The normalized spacial score (nSPS) is 16.5. The number of sulfonamides is 1. The second-order valence-electron chi connectivity index (χ2n) is 7.61. The fraction of sp³-hybridized carbons (Fsp3) is 0.348. The van der Waals surface area contributed by atoms with E-state index >= 15 is 0 Å². The second kappa shape index (κ2) is 10.4. The number of hydrogen-bond acceptors (Lipinski definition) is 8. The average Bonchev–Trinajstić information content (AvgIpc) is 3.12. The Morgan fingerprint density at radius 2 is 1.62 bits per heavy atom. The topological polar surface area (TPSA) is 120 Å². The number of imide groups is 1. The molecule has 182 valence electrons. The van der Waals surface area contributed by atoms with Crippen LogP contribution in [0.5, 0.6) is 0 Å². The summed E-state index contributed by atoms with van der Waals surface area (Å²) in [6.45, 7) is 1.52. The number of benzene rings is 2. The van der Waals surface area contributed by atoms with Crippen molar-refractivity contribution in [3.63, 3.8) is 0 Å². The van der Waals surface area contributed by atoms with E-state index in [1.807, 2.05) is 6.92 Å². The van der Waals surface area contributed by atoms with E-state index in [0.717, 1.165) is 14.8 Å². The van der Waals surface area contributed by atoms with E-state index in [-0.39, 0.29) is 29.1 Å². The van der Waals surface area contributed by atoms with Crippen LogP contribution in [0, 0.1) is 6.92 Å². The zero-order chi connectivity index (χ0) is 25.0. The molecule has 1 atom stereocenters. The minimum Gasteiger partial charge on any atom is -0.465 e. The lowest BCUT2D eigenvalue weighted by Gasteiger charge is -2.29. The number of aryl methyl sites for hydroxylation is 1. The third-order valence-corrected chi connectivity index (χ3v) is 7.39. The number of methoxy groups -OCH3 is 3. The van der Waals surface area contributed by atoms with Gasteiger partial charge < -0.3 is 14.2 Å². The van der Waals surface area contributed by atoms with E-state index in [1.165, 1.54) is 57.7 Å². The van der Waals surface area contributed by atoms with Gasteiger partial charge in [-0.25, -0.2) is 18.1 Å². The van der Waals surface area contributed by atoms with Gasteiger partial charge >= 0.3 is 5.97 Å². The summed E-state index contributed by atoms with van der Waals surface area (Å²) >= 11 is 0. The Morgan fingerprint density at radius 1 is 1.03 bits per heavy atom. The number of ether oxygens (including phenoxy) is 3. The highest BCUT2D eigenvalue weighted by Gasteiger charge is 2.47. The van der Waals surface area contributed by atoms with Crippen LogP contribution in [-0.2, 0) is 33.8 Å². The second-order valence-corrected chi connectivity index (χ2v) is 9.51. The van der Waals surface area contributed by atoms with Gasteiger partial charge in [-0.1, -0.05) is 17.7 Å². The maximum atomic E-state index is 13.5. The smallest absolute Gasteiger partial charge is 0.337 e. The van der Waals surface area contributed by atoms with E-state index in [4.69, 9.17) is 9.47 Å². The van der Waals surface area contributed by atoms with Crippen LogP contribution >= 0.6 is 0 Å². The molecule has 0 saturated carbocycles. The standard InChI is InChI=1S/C23H26N2O8S/c1-15-5-11-18(12-6-15)34(29,30)24(14-21(31-2)32-3)19-13-20(26)25(22(19)27)17-9-7-16(8-10-17)23(28)33-4/h5-12,19,21H,13-14H2,1-4H3. The summed E-state index contributed by atoms with van der Waals surface area (Å²) < 4.78 is 43.0. The summed E-state index contributed by atoms with van der Waals surface area (Å²) in [5.41, 5.74) is 1.33. The van der Waals surface area contributed by atoms with Gasteiger partial charge in [0, 0.05) is 14.2 Å². The maximum absolute atomic E-state index is 13.5. The van der Waals surface area contributed by atoms with E-state index in [0.29, 0.717) is 0 Å². The van der Waals surface area contributed by atoms with Crippen molar-refractivity contribution in [1.29, 1.82) is 0 Å². The molecule has 2 aromatic carbocycles. The first-order valence-corrected chi connectivity index (χ1v) is 11.8. The van der Waals surface area contributed by atoms with E-state index in [1.54, 1.807) is 12.1 Å². The first-order valence-electron chi connectivity index (χ1n) is 10.3. The molecule has 1 aliphatic rings. The quantitative estimate of drug-likeness (QED) is 0.296. The van der Waals surface area contributed by atoms with Gasteiger partial charge in [0.2, 0.25) is 15.9 Å². The van der Waals surface area contributed by atoms with Gasteiger partial charge in [0.25, 0.3) is 5.91 Å². The number of hydrogen-bond donors (Lipinski definition) is 0. The minimum absolute atomic E-state index is 0.0230. The number of esters is 1. The van der Waals surface area contributed by atoms with Gasteiger partial charge in [0.15, 0.2) is 6.29 Å². The molecule has 1 unspecified atom stereocenters. The maximum Gasteiger partial charge on any atom is 0.337 e. The lowest BCUT2D eigenvalue weighted by molar-refractivity contribution is -0.125. The number of nitrogens with zero attached hydrogens (tertiary/aromatic N) is 2. The van der Waals surface area contributed by atoms with Gasteiger partial charge in [-0.15, -0.1) is 0 Å². The van der Waals surface area contributed by atoms with Crippen LogP contribution in [0.25, 0.3) is 0 Å². The highest BCUT2D eigenvalue weighted by atomic mass is 32.2. The molecule has 34 heavy (non-hydrogen) atoms. The predicted molar refractivity (Wildman–Crippen MR) is 122 cm³/mol. The van der Waals surface area contributed by atoms with Gasteiger partial charge in [0.1, 0.15) is 6.04 Å². The number of carbonyl (C=O) groups excluding carboxylic acids is 3. The molecule has 2 amide bonds. The lowest BCUT2D eigenvalue weighted by atomic mass is 10.2. The van der Waals surface area contributed by atoms with E-state index in [9.17, 15) is 22.8 Å². The highest BCUT2D eigenvalue weighted by Crippen LogP contribution is 2.30. The van der Waals surface area contributed by atoms with Crippen LogP contribution in [0.15, 0.2) is 53.4 Å². The Labute approximate surface area is 198 Å². The molecule has 3 rings (SSSR count). The first-order chi connectivity index (χ1) is 16.1. The van der Waals surface area contributed by atoms with Crippen LogP contribution in [0.3, 0.4) is 0 Å². The summed E-state index contributed by atoms with van der Waals surface area (Å²) in [5, 5.41) is 0.